The molecule has 0 aliphatic heterocycles. The molecule has 0 heterocycles. The van der Waals surface area contributed by atoms with E-state index in [1.807, 2.05) is 0 Å². The Labute approximate surface area is 84.7 Å². The van der Waals surface area contributed by atoms with Gasteiger partial charge in [-0.25, -0.2) is 13.2 Å². The zero-order valence-corrected chi connectivity index (χ0v) is 8.18. The summed E-state index contributed by atoms with van der Waals surface area (Å²) in [7, 11) is 1.16. The van der Waals surface area contributed by atoms with Crippen molar-refractivity contribution in [1.82, 2.24) is 0 Å². The maximum absolute atomic E-state index is 13.2. The molecule has 0 saturated carbocycles. The number of methoxy groups -OCH3 is 1. The lowest BCUT2D eigenvalue weighted by Crippen LogP contribution is -2.09. The fourth-order valence-electron chi connectivity index (χ4n) is 1.17. The van der Waals surface area contributed by atoms with E-state index in [2.05, 4.69) is 4.74 Å². The maximum Gasteiger partial charge on any atom is 0.270 e. The van der Waals surface area contributed by atoms with Gasteiger partial charge in [-0.2, -0.15) is 0 Å². The zero-order valence-electron chi connectivity index (χ0n) is 8.18. The standard InChI is InChI=1S/C10H9F3O2/c1-10(12,13)7-3-6(5-14)9(15-2)8(11)4-7/h3-5H,1-2H3. The van der Waals surface area contributed by atoms with E-state index in [9.17, 15) is 18.0 Å². The van der Waals surface area contributed by atoms with Crippen molar-refractivity contribution in [2.75, 3.05) is 7.11 Å². The van der Waals surface area contributed by atoms with Crippen LogP contribution in [-0.4, -0.2) is 13.4 Å². The normalized spacial score (nSPS) is 11.3. The van der Waals surface area contributed by atoms with Crippen LogP contribution in [0.4, 0.5) is 13.2 Å². The average molecular weight is 218 g/mol. The third kappa shape index (κ3) is 2.29. The zero-order chi connectivity index (χ0) is 11.6. The van der Waals surface area contributed by atoms with Crippen LogP contribution in [0.3, 0.4) is 0 Å². The van der Waals surface area contributed by atoms with Gasteiger partial charge in [-0.05, 0) is 12.1 Å². The molecule has 0 aliphatic rings. The predicted octanol–water partition coefficient (Wildman–Crippen LogP) is 2.76. The fraction of sp³-hybridized carbons (Fsp3) is 0.300. The van der Waals surface area contributed by atoms with Crippen molar-refractivity contribution in [3.8, 4) is 5.75 Å². The molecule has 1 aromatic carbocycles. The number of hydrogen-bond donors (Lipinski definition) is 0. The van der Waals surface area contributed by atoms with E-state index >= 15 is 0 Å². The second-order valence-corrected chi connectivity index (χ2v) is 3.09. The summed E-state index contributed by atoms with van der Waals surface area (Å²) in [5.41, 5.74) is -0.781. The molecule has 0 atom stereocenters. The molecular weight excluding hydrogens is 209 g/mol. The number of ether oxygens (including phenoxy) is 1. The second-order valence-electron chi connectivity index (χ2n) is 3.09. The SMILES string of the molecule is COc1c(F)cc(C(C)(F)F)cc1C=O. The van der Waals surface area contributed by atoms with Gasteiger partial charge in [-0.15, -0.1) is 0 Å². The molecule has 1 aromatic rings. The van der Waals surface area contributed by atoms with Crippen molar-refractivity contribution in [3.63, 3.8) is 0 Å². The third-order valence-corrected chi connectivity index (χ3v) is 1.91. The molecule has 0 N–H and O–H groups in total. The highest BCUT2D eigenvalue weighted by Crippen LogP contribution is 2.32. The van der Waals surface area contributed by atoms with Gasteiger partial charge in [-0.1, -0.05) is 0 Å². The molecule has 0 amide bonds. The van der Waals surface area contributed by atoms with E-state index in [0.717, 1.165) is 13.2 Å². The molecule has 5 heteroatoms. The minimum absolute atomic E-state index is 0.228. The minimum atomic E-state index is -3.19. The molecular formula is C10H9F3O2. The molecule has 1 rings (SSSR count). The van der Waals surface area contributed by atoms with Gasteiger partial charge >= 0.3 is 0 Å². The van der Waals surface area contributed by atoms with Crippen LogP contribution in [0.2, 0.25) is 0 Å². The van der Waals surface area contributed by atoms with E-state index in [-0.39, 0.29) is 17.6 Å². The van der Waals surface area contributed by atoms with Gasteiger partial charge in [0.25, 0.3) is 5.92 Å². The first-order valence-corrected chi connectivity index (χ1v) is 4.11. The van der Waals surface area contributed by atoms with Crippen LogP contribution in [0, 0.1) is 5.82 Å². The Morgan fingerprint density at radius 2 is 2.00 bits per heavy atom. The van der Waals surface area contributed by atoms with Gasteiger partial charge in [0, 0.05) is 12.5 Å². The van der Waals surface area contributed by atoms with Crippen LogP contribution in [0.1, 0.15) is 22.8 Å². The Hall–Kier alpha value is -1.52. The summed E-state index contributed by atoms with van der Waals surface area (Å²) in [6.07, 6.45) is 0.275. The number of rotatable bonds is 3. The summed E-state index contributed by atoms with van der Waals surface area (Å²) in [6.45, 7) is 0.628. The van der Waals surface area contributed by atoms with Crippen molar-refractivity contribution < 1.29 is 22.7 Å². The van der Waals surface area contributed by atoms with Crippen molar-refractivity contribution in [2.45, 2.75) is 12.8 Å². The number of alkyl halides is 2. The van der Waals surface area contributed by atoms with Crippen LogP contribution < -0.4 is 4.74 Å². The quantitative estimate of drug-likeness (QED) is 0.729. The lowest BCUT2D eigenvalue weighted by atomic mass is 10.1. The fourth-order valence-corrected chi connectivity index (χ4v) is 1.17. The topological polar surface area (TPSA) is 26.3 Å². The summed E-state index contributed by atoms with van der Waals surface area (Å²) in [4.78, 5) is 10.5. The number of hydrogen-bond acceptors (Lipinski definition) is 2. The van der Waals surface area contributed by atoms with Gasteiger partial charge in [0.05, 0.1) is 12.7 Å². The van der Waals surface area contributed by atoms with Gasteiger partial charge < -0.3 is 4.74 Å². The number of carbonyl (C=O) groups is 1. The third-order valence-electron chi connectivity index (χ3n) is 1.91. The molecule has 0 aromatic heterocycles. The number of halogens is 3. The van der Waals surface area contributed by atoms with E-state index in [0.29, 0.717) is 13.0 Å². The van der Waals surface area contributed by atoms with Crippen molar-refractivity contribution in [2.24, 2.45) is 0 Å². The molecule has 0 saturated heterocycles. The Morgan fingerprint density at radius 3 is 2.40 bits per heavy atom. The highest BCUT2D eigenvalue weighted by Gasteiger charge is 2.27. The summed E-state index contributed by atoms with van der Waals surface area (Å²) in [5.74, 6) is -4.48. The molecule has 0 fully saturated rings. The van der Waals surface area contributed by atoms with Crippen molar-refractivity contribution >= 4 is 6.29 Å². The van der Waals surface area contributed by atoms with Crippen LogP contribution in [-0.2, 0) is 5.92 Å². The van der Waals surface area contributed by atoms with Crippen LogP contribution in [0.15, 0.2) is 12.1 Å². The molecule has 0 spiro atoms. The lowest BCUT2D eigenvalue weighted by Gasteiger charge is -2.13. The predicted molar refractivity (Wildman–Crippen MR) is 47.9 cm³/mol. The molecule has 15 heavy (non-hydrogen) atoms. The van der Waals surface area contributed by atoms with E-state index < -0.39 is 17.3 Å². The smallest absolute Gasteiger partial charge is 0.270 e. The number of aldehydes is 1. The van der Waals surface area contributed by atoms with Crippen molar-refractivity contribution in [1.29, 1.82) is 0 Å². The average Bonchev–Trinajstić information content (AvgIpc) is 2.15. The van der Waals surface area contributed by atoms with Gasteiger partial charge in [0.2, 0.25) is 0 Å². The van der Waals surface area contributed by atoms with Crippen LogP contribution >= 0.6 is 0 Å². The Morgan fingerprint density at radius 1 is 1.40 bits per heavy atom. The summed E-state index contributed by atoms with van der Waals surface area (Å²) in [5, 5.41) is 0. The molecule has 0 aliphatic carbocycles. The largest absolute Gasteiger partial charge is 0.493 e. The van der Waals surface area contributed by atoms with Gasteiger partial charge in [0.1, 0.15) is 0 Å². The lowest BCUT2D eigenvalue weighted by molar-refractivity contribution is 0.0170. The molecule has 0 bridgehead atoms. The second kappa shape index (κ2) is 3.92. The highest BCUT2D eigenvalue weighted by molar-refractivity contribution is 5.80. The number of carbonyl (C=O) groups excluding carboxylic acids is 1. The highest BCUT2D eigenvalue weighted by atomic mass is 19.3. The van der Waals surface area contributed by atoms with Crippen molar-refractivity contribution in [3.05, 3.63) is 29.1 Å². The maximum atomic E-state index is 13.2. The van der Waals surface area contributed by atoms with E-state index in [1.165, 1.54) is 0 Å². The Bertz CT molecular complexity index is 383. The summed E-state index contributed by atoms with van der Waals surface area (Å²) < 4.78 is 43.5. The Balaban J connectivity index is 3.38. The first-order chi connectivity index (χ1) is 6.90. The van der Waals surface area contributed by atoms with E-state index in [1.54, 1.807) is 0 Å². The van der Waals surface area contributed by atoms with Crippen LogP contribution in [0.5, 0.6) is 5.75 Å². The molecule has 82 valence electrons. The number of benzene rings is 1. The summed E-state index contributed by atoms with van der Waals surface area (Å²) in [6, 6.07) is 1.57. The monoisotopic (exact) mass is 218 g/mol. The minimum Gasteiger partial charge on any atom is -0.493 e. The first kappa shape index (κ1) is 11.6. The Kier molecular flexibility index (Phi) is 3.02. The van der Waals surface area contributed by atoms with E-state index in [4.69, 9.17) is 0 Å². The molecule has 0 radical (unpaired) electrons. The van der Waals surface area contributed by atoms with Gasteiger partial charge in [0.15, 0.2) is 17.9 Å². The first-order valence-electron chi connectivity index (χ1n) is 4.11. The molecule has 2 nitrogen and oxygen atoms in total. The molecule has 0 unspecified atom stereocenters. The van der Waals surface area contributed by atoms with Gasteiger partial charge in [-0.3, -0.25) is 4.79 Å². The van der Waals surface area contributed by atoms with Crippen LogP contribution in [0.25, 0.3) is 0 Å². The summed E-state index contributed by atoms with van der Waals surface area (Å²) >= 11 is 0.